The molecule has 4 amide bonds. The molecule has 3 aliphatic heterocycles. The van der Waals surface area contributed by atoms with Crippen LogP contribution in [0.4, 0.5) is 17.8 Å². The number of nitrogens with one attached hydrogen (secondary N) is 3. The summed E-state index contributed by atoms with van der Waals surface area (Å²) in [5.74, 6) is 1.53. The Morgan fingerprint density at radius 1 is 0.382 bits per heavy atom. The molecule has 9 aromatic carbocycles. The predicted octanol–water partition coefficient (Wildman–Crippen LogP) is 11.7. The first-order chi connectivity index (χ1) is 53.4. The van der Waals surface area contributed by atoms with Crippen LogP contribution in [0.5, 0.6) is 11.5 Å². The third-order valence-electron chi connectivity index (χ3n) is 19.4. The highest BCUT2D eigenvalue weighted by Crippen LogP contribution is 2.36. The SMILES string of the molecule is CN(C)C(=O)Cc1ccc2nc3n(c2c1)Cc1cccc(c1)-c1ccc(=O)n(n1)Cc1cccc(c1)C(=O)N3.COc1cc2nc3n(c2cc1OC)Cc1cccc(c1)-c1ccc(=O)n(n1)Cc1cccc(c1)C(=O)N3.Cc1cc(=O)n2nc1-c1cccc(c1)Cn1c(nc3ccccc31)NC(=O)c1cccc(c1)C2. The van der Waals surface area contributed by atoms with Gasteiger partial charge in [0.25, 0.3) is 34.4 Å². The Hall–Kier alpha value is -14.5. The second kappa shape index (κ2) is 29.5. The van der Waals surface area contributed by atoms with Gasteiger partial charge in [-0.3, -0.25) is 49.5 Å². The lowest BCUT2D eigenvalue weighted by molar-refractivity contribution is -0.127. The monoisotopic (exact) mass is 1460 g/mol. The molecule has 18 rings (SSSR count). The maximum absolute atomic E-state index is 13.4. The van der Waals surface area contributed by atoms with Crippen molar-refractivity contribution in [3.05, 3.63) is 323 Å². The van der Waals surface area contributed by atoms with Crippen molar-refractivity contribution in [2.75, 3.05) is 44.3 Å². The summed E-state index contributed by atoms with van der Waals surface area (Å²) in [5, 5.41) is 22.9. The number of anilines is 3. The van der Waals surface area contributed by atoms with E-state index in [0.717, 1.165) is 89.0 Å². The largest absolute Gasteiger partial charge is 0.493 e. The number of aryl methyl sites for hydroxylation is 1. The van der Waals surface area contributed by atoms with Crippen molar-refractivity contribution < 1.29 is 28.7 Å². The number of fused-ring (bicyclic) bond motifs is 30. The fraction of sp³-hybridized carbons (Fsp3) is 0.141. The maximum Gasteiger partial charge on any atom is 0.267 e. The molecule has 0 radical (unpaired) electrons. The number of ether oxygens (including phenoxy) is 2. The number of nitrogens with zero attached hydrogens (tertiary/aromatic N) is 13. The van der Waals surface area contributed by atoms with Gasteiger partial charge in [0.15, 0.2) is 11.5 Å². The summed E-state index contributed by atoms with van der Waals surface area (Å²) < 4.78 is 21.2. The molecule has 9 heterocycles. The van der Waals surface area contributed by atoms with E-state index in [9.17, 15) is 33.6 Å². The van der Waals surface area contributed by atoms with Crippen LogP contribution in [-0.4, -0.2) is 115 Å². The summed E-state index contributed by atoms with van der Waals surface area (Å²) in [4.78, 5) is 106. The third-order valence-corrected chi connectivity index (χ3v) is 19.4. The number of para-hydroxylation sites is 2. The topological polar surface area (TPSA) is 284 Å². The van der Waals surface area contributed by atoms with Gasteiger partial charge in [-0.15, -0.1) is 0 Å². The van der Waals surface area contributed by atoms with Crippen LogP contribution < -0.4 is 42.1 Å². The zero-order chi connectivity index (χ0) is 75.8. The van der Waals surface area contributed by atoms with E-state index >= 15 is 0 Å². The fourth-order valence-electron chi connectivity index (χ4n) is 13.8. The molecule has 25 nitrogen and oxygen atoms in total. The van der Waals surface area contributed by atoms with Crippen LogP contribution in [-0.2, 0) is 50.5 Å². The minimum atomic E-state index is -0.311. The molecular formula is C85H70N16O9. The first-order valence-electron chi connectivity index (χ1n) is 35.4. The van der Waals surface area contributed by atoms with E-state index in [1.54, 1.807) is 106 Å². The first kappa shape index (κ1) is 69.9. The zero-order valence-electron chi connectivity index (χ0n) is 60.4. The molecule has 0 saturated heterocycles. The highest BCUT2D eigenvalue weighted by Gasteiger charge is 2.24. The van der Waals surface area contributed by atoms with E-state index in [0.29, 0.717) is 88.1 Å². The van der Waals surface area contributed by atoms with Crippen LogP contribution in [0.15, 0.2) is 245 Å². The van der Waals surface area contributed by atoms with Gasteiger partial charge in [-0.05, 0) is 142 Å². The molecular weight excluding hydrogens is 1390 g/mol. The third kappa shape index (κ3) is 14.4. The average molecular weight is 1460 g/mol. The quantitative estimate of drug-likeness (QED) is 0.148. The second-order valence-electron chi connectivity index (χ2n) is 27.2. The van der Waals surface area contributed by atoms with Gasteiger partial charge in [-0.1, -0.05) is 109 Å². The number of carbonyl (C=O) groups is 4. The molecule has 0 unspecified atom stereocenters. The number of methoxy groups -OCH3 is 2. The lowest BCUT2D eigenvalue weighted by Crippen LogP contribution is -2.24. The first-order valence-corrected chi connectivity index (χ1v) is 35.4. The van der Waals surface area contributed by atoms with Gasteiger partial charge < -0.3 is 28.1 Å². The highest BCUT2D eigenvalue weighted by molar-refractivity contribution is 6.06. The molecule has 18 bridgehead atoms. The fourth-order valence-corrected chi connectivity index (χ4v) is 13.8. The van der Waals surface area contributed by atoms with Crippen LogP contribution in [0.2, 0.25) is 0 Å². The van der Waals surface area contributed by atoms with Gasteiger partial charge >= 0.3 is 0 Å². The van der Waals surface area contributed by atoms with E-state index in [-0.39, 0.29) is 66.4 Å². The van der Waals surface area contributed by atoms with Crippen LogP contribution in [0.25, 0.3) is 66.9 Å². The Morgan fingerprint density at radius 2 is 0.782 bits per heavy atom. The van der Waals surface area contributed by atoms with Crippen LogP contribution in [0, 0.1) is 6.92 Å². The maximum atomic E-state index is 13.4. The Morgan fingerprint density at radius 3 is 1.27 bits per heavy atom. The summed E-state index contributed by atoms with van der Waals surface area (Å²) in [6.07, 6.45) is 0.263. The van der Waals surface area contributed by atoms with Crippen LogP contribution >= 0.6 is 0 Å². The number of likely N-dealkylation sites (N-methyl/N-ethyl adjacent to an activating group) is 1. The van der Waals surface area contributed by atoms with Crippen molar-refractivity contribution in [3.63, 3.8) is 0 Å². The molecule has 3 N–H and O–H groups in total. The smallest absolute Gasteiger partial charge is 0.267 e. The van der Waals surface area contributed by atoms with Crippen molar-refractivity contribution in [3.8, 4) is 45.3 Å². The molecule has 25 heteroatoms. The molecule has 544 valence electrons. The average Bonchev–Trinajstić information content (AvgIpc) is 1.61. The summed E-state index contributed by atoms with van der Waals surface area (Å²) in [6.45, 7) is 4.01. The normalized spacial score (nSPS) is 12.8. The van der Waals surface area contributed by atoms with Crippen molar-refractivity contribution in [2.24, 2.45) is 0 Å². The molecule has 0 spiro atoms. The molecule has 0 saturated carbocycles. The Kier molecular flexibility index (Phi) is 18.7. The zero-order valence-corrected chi connectivity index (χ0v) is 60.4. The van der Waals surface area contributed by atoms with Crippen molar-refractivity contribution >= 4 is 74.6 Å². The predicted molar refractivity (Wildman–Crippen MR) is 419 cm³/mol. The Bertz CT molecular complexity index is 6420. The standard InChI is InChI=1S/C30H26N6O3.C28H23N5O4.C27H21N5O2/c1-34(2)28(38)16-19-9-10-25-26(15-19)35-17-20-5-3-7-22(13-20)24-11-12-27(37)36(33-24)18-21-6-4-8-23(14-21)29(39)32-30(35)31-25;1-36-24-13-22-23(14-25(24)37-2)32-15-17-5-3-7-19(11-17)21-9-10-26(34)33(31-21)16-18-6-4-8-20(12-18)27(35)30-28(32)29-22;1-17-12-24(33)32-16-19-7-5-9-21(14-19)26(34)29-27-28-22-10-2-3-11-23(22)31(27)15-18-6-4-8-20(13-18)25(17)30-32/h3-15H,16-18H2,1-2H3,(H,31,32,39);3-14H,15-16H2,1-2H3,(H,29,30,35);2-14H,15-16H2,1H3,(H,28,29,34). The van der Waals surface area contributed by atoms with Gasteiger partial charge in [-0.2, -0.15) is 15.3 Å². The molecule has 6 aromatic heterocycles. The van der Waals surface area contributed by atoms with Crippen molar-refractivity contribution in [1.82, 2.24) is 62.9 Å². The Labute approximate surface area is 627 Å². The van der Waals surface area contributed by atoms with E-state index in [1.165, 1.54) is 26.2 Å². The molecule has 0 atom stereocenters. The molecule has 15 aromatic rings. The molecule has 3 aliphatic rings. The number of carbonyl (C=O) groups excluding carboxylic acids is 4. The Balaban J connectivity index is 0.000000126. The van der Waals surface area contributed by atoms with Gasteiger partial charge in [0.2, 0.25) is 23.8 Å². The number of hydrogen-bond donors (Lipinski definition) is 3. The van der Waals surface area contributed by atoms with Crippen molar-refractivity contribution in [2.45, 2.75) is 52.6 Å². The minimum Gasteiger partial charge on any atom is -0.493 e. The molecule has 0 fully saturated rings. The summed E-state index contributed by atoms with van der Waals surface area (Å²) in [6, 6.07) is 70.8. The van der Waals surface area contributed by atoms with E-state index in [2.05, 4.69) is 32.2 Å². The number of rotatable bonds is 4. The lowest BCUT2D eigenvalue weighted by Gasteiger charge is -2.13. The van der Waals surface area contributed by atoms with E-state index < -0.39 is 0 Å². The van der Waals surface area contributed by atoms with Crippen LogP contribution in [0.1, 0.15) is 75.6 Å². The van der Waals surface area contributed by atoms with Crippen LogP contribution in [0.3, 0.4) is 0 Å². The number of amides is 4. The summed E-state index contributed by atoms with van der Waals surface area (Å²) in [7, 11) is 6.62. The minimum absolute atomic E-state index is 0.000818. The van der Waals surface area contributed by atoms with Crippen molar-refractivity contribution in [1.29, 1.82) is 0 Å². The van der Waals surface area contributed by atoms with Gasteiger partial charge in [0.05, 0.1) is 110 Å². The number of hydrogen-bond acceptors (Lipinski definition) is 15. The molecule has 0 aliphatic carbocycles. The van der Waals surface area contributed by atoms with Gasteiger partial charge in [-0.25, -0.2) is 29.0 Å². The van der Waals surface area contributed by atoms with E-state index in [4.69, 9.17) is 29.5 Å². The highest BCUT2D eigenvalue weighted by atomic mass is 16.5. The second-order valence-corrected chi connectivity index (χ2v) is 27.2. The lowest BCUT2D eigenvalue weighted by atomic mass is 10.0. The summed E-state index contributed by atoms with van der Waals surface area (Å²) >= 11 is 0. The number of imidazole rings is 3. The molecule has 110 heavy (non-hydrogen) atoms. The number of aromatic nitrogens is 12. The number of benzene rings is 9. The van der Waals surface area contributed by atoms with Gasteiger partial charge in [0.1, 0.15) is 0 Å². The van der Waals surface area contributed by atoms with E-state index in [1.807, 2.05) is 160 Å². The summed E-state index contributed by atoms with van der Waals surface area (Å²) in [5.41, 5.74) is 17.3. The van der Waals surface area contributed by atoms with Gasteiger partial charge in [0, 0.05) is 77.8 Å².